The summed E-state index contributed by atoms with van der Waals surface area (Å²) in [7, 11) is 0. The number of benzene rings is 1. The molecule has 3 aromatic heterocycles. The molecule has 0 fully saturated rings. The molecule has 0 bridgehead atoms. The van der Waals surface area contributed by atoms with E-state index >= 15 is 0 Å². The average Bonchev–Trinajstić information content (AvgIpc) is 3.03. The van der Waals surface area contributed by atoms with Gasteiger partial charge in [0.15, 0.2) is 0 Å². The SMILES string of the molecule is Cc1nc(NCCc2c(C)[nH]c3c(F)ccc(C)c23)cc(Nc2ccncn2)n1. The molecule has 0 saturated heterocycles. The Hall–Kier alpha value is -3.55. The summed E-state index contributed by atoms with van der Waals surface area (Å²) < 4.78 is 14.1. The van der Waals surface area contributed by atoms with Gasteiger partial charge in [-0.1, -0.05) is 6.07 Å². The van der Waals surface area contributed by atoms with E-state index in [0.29, 0.717) is 29.5 Å². The van der Waals surface area contributed by atoms with E-state index in [0.717, 1.165) is 34.4 Å². The van der Waals surface area contributed by atoms with Crippen LogP contribution in [0.1, 0.15) is 22.6 Å². The van der Waals surface area contributed by atoms with E-state index in [1.54, 1.807) is 12.3 Å². The number of H-pyrrole nitrogens is 1. The van der Waals surface area contributed by atoms with Crippen LogP contribution >= 0.6 is 0 Å². The Morgan fingerprint density at radius 3 is 2.66 bits per heavy atom. The number of fused-ring (bicyclic) bond motifs is 1. The van der Waals surface area contributed by atoms with Crippen LogP contribution in [-0.4, -0.2) is 31.5 Å². The molecule has 1 aromatic carbocycles. The summed E-state index contributed by atoms with van der Waals surface area (Å²) in [5.74, 6) is 2.46. The average molecular weight is 391 g/mol. The van der Waals surface area contributed by atoms with Gasteiger partial charge < -0.3 is 15.6 Å². The molecule has 0 unspecified atom stereocenters. The highest BCUT2D eigenvalue weighted by molar-refractivity contribution is 5.88. The number of rotatable bonds is 6. The molecule has 148 valence electrons. The zero-order valence-electron chi connectivity index (χ0n) is 16.5. The van der Waals surface area contributed by atoms with Crippen molar-refractivity contribution in [3.8, 4) is 0 Å². The first-order valence-corrected chi connectivity index (χ1v) is 9.40. The zero-order valence-corrected chi connectivity index (χ0v) is 16.5. The van der Waals surface area contributed by atoms with Gasteiger partial charge in [-0.3, -0.25) is 0 Å². The number of aryl methyl sites for hydroxylation is 3. The maximum atomic E-state index is 14.1. The van der Waals surface area contributed by atoms with E-state index in [1.165, 1.54) is 12.4 Å². The lowest BCUT2D eigenvalue weighted by molar-refractivity contribution is 0.637. The molecule has 3 N–H and O–H groups in total. The lowest BCUT2D eigenvalue weighted by Gasteiger charge is -2.10. The first-order chi connectivity index (χ1) is 14.0. The van der Waals surface area contributed by atoms with Gasteiger partial charge in [-0.25, -0.2) is 24.3 Å². The number of nitrogens with one attached hydrogen (secondary N) is 3. The summed E-state index contributed by atoms with van der Waals surface area (Å²) in [6.45, 7) is 6.48. The normalized spacial score (nSPS) is 11.0. The standard InChI is InChI=1S/C21H22FN7/c1-12-4-5-16(22)21-20(12)15(13(2)26-21)6-9-24-18-10-19(28-14(3)27-18)29-17-7-8-23-11-25-17/h4-5,7-8,10-11,26H,6,9H2,1-3H3,(H2,23,24,25,27,28,29). The van der Waals surface area contributed by atoms with Crippen molar-refractivity contribution in [2.45, 2.75) is 27.2 Å². The molecule has 8 heteroatoms. The highest BCUT2D eigenvalue weighted by Crippen LogP contribution is 2.28. The van der Waals surface area contributed by atoms with E-state index in [9.17, 15) is 4.39 Å². The van der Waals surface area contributed by atoms with Crippen molar-refractivity contribution in [1.82, 2.24) is 24.9 Å². The van der Waals surface area contributed by atoms with Gasteiger partial charge in [0.05, 0.1) is 5.52 Å². The van der Waals surface area contributed by atoms with Gasteiger partial charge in [0, 0.05) is 29.9 Å². The van der Waals surface area contributed by atoms with Gasteiger partial charge in [0.1, 0.15) is 35.4 Å². The number of aromatic nitrogens is 5. The number of halogens is 1. The predicted octanol–water partition coefficient (Wildman–Crippen LogP) is 4.21. The lowest BCUT2D eigenvalue weighted by Crippen LogP contribution is -2.09. The van der Waals surface area contributed by atoms with Crippen molar-refractivity contribution in [3.05, 3.63) is 65.3 Å². The minimum atomic E-state index is -0.222. The van der Waals surface area contributed by atoms with Crippen LogP contribution in [-0.2, 0) is 6.42 Å². The number of anilines is 3. The van der Waals surface area contributed by atoms with Crippen LogP contribution in [0.15, 0.2) is 36.8 Å². The molecule has 7 nitrogen and oxygen atoms in total. The fraction of sp³-hybridized carbons (Fsp3) is 0.238. The Bertz CT molecular complexity index is 1150. The topological polar surface area (TPSA) is 91.4 Å². The van der Waals surface area contributed by atoms with E-state index in [4.69, 9.17) is 0 Å². The van der Waals surface area contributed by atoms with E-state index in [-0.39, 0.29) is 5.82 Å². The monoisotopic (exact) mass is 391 g/mol. The van der Waals surface area contributed by atoms with Gasteiger partial charge in [-0.2, -0.15) is 0 Å². The van der Waals surface area contributed by atoms with E-state index < -0.39 is 0 Å². The molecule has 0 amide bonds. The molecule has 0 aliphatic rings. The smallest absolute Gasteiger partial charge is 0.147 e. The second-order valence-corrected chi connectivity index (χ2v) is 6.92. The quantitative estimate of drug-likeness (QED) is 0.456. The van der Waals surface area contributed by atoms with Crippen LogP contribution in [0.2, 0.25) is 0 Å². The van der Waals surface area contributed by atoms with E-state index in [2.05, 4.69) is 35.6 Å². The molecule has 0 aliphatic heterocycles. The summed E-state index contributed by atoms with van der Waals surface area (Å²) in [5.41, 5.74) is 3.75. The second-order valence-electron chi connectivity index (χ2n) is 6.92. The van der Waals surface area contributed by atoms with Gasteiger partial charge in [-0.05, 0) is 50.5 Å². The van der Waals surface area contributed by atoms with Gasteiger partial charge in [0.25, 0.3) is 0 Å². The molecule has 0 aliphatic carbocycles. The maximum Gasteiger partial charge on any atom is 0.147 e. The van der Waals surface area contributed by atoms with Crippen LogP contribution < -0.4 is 10.6 Å². The lowest BCUT2D eigenvalue weighted by atomic mass is 10.0. The van der Waals surface area contributed by atoms with Crippen LogP contribution in [0, 0.1) is 26.6 Å². The summed E-state index contributed by atoms with van der Waals surface area (Å²) >= 11 is 0. The number of hydrogen-bond donors (Lipinski definition) is 3. The Morgan fingerprint density at radius 2 is 1.86 bits per heavy atom. The van der Waals surface area contributed by atoms with Crippen LogP contribution in [0.3, 0.4) is 0 Å². The van der Waals surface area contributed by atoms with Crippen LogP contribution in [0.4, 0.5) is 21.8 Å². The minimum absolute atomic E-state index is 0.222. The van der Waals surface area contributed by atoms with Crippen molar-refractivity contribution in [2.75, 3.05) is 17.2 Å². The molecule has 0 saturated carbocycles. The Labute approximate surface area is 167 Å². The highest BCUT2D eigenvalue weighted by atomic mass is 19.1. The summed E-state index contributed by atoms with van der Waals surface area (Å²) in [5, 5.41) is 7.46. The third kappa shape index (κ3) is 4.01. The molecule has 4 aromatic rings. The third-order valence-corrected chi connectivity index (χ3v) is 4.79. The summed E-state index contributed by atoms with van der Waals surface area (Å²) in [4.78, 5) is 20.1. The van der Waals surface area contributed by atoms with E-state index in [1.807, 2.05) is 32.9 Å². The number of hydrogen-bond acceptors (Lipinski definition) is 6. The Balaban J connectivity index is 1.50. The van der Waals surface area contributed by atoms with Gasteiger partial charge in [0.2, 0.25) is 0 Å². The van der Waals surface area contributed by atoms with Crippen molar-refractivity contribution >= 4 is 28.4 Å². The number of nitrogens with zero attached hydrogens (tertiary/aromatic N) is 4. The molecule has 29 heavy (non-hydrogen) atoms. The molecule has 3 heterocycles. The Kier molecular flexibility index (Phi) is 5.07. The Morgan fingerprint density at radius 1 is 1.03 bits per heavy atom. The molecular formula is C21H22FN7. The third-order valence-electron chi connectivity index (χ3n) is 4.79. The fourth-order valence-electron chi connectivity index (χ4n) is 3.49. The van der Waals surface area contributed by atoms with Gasteiger partial charge >= 0.3 is 0 Å². The van der Waals surface area contributed by atoms with Crippen LogP contribution in [0.25, 0.3) is 10.9 Å². The molecule has 0 atom stereocenters. The molecule has 0 spiro atoms. The van der Waals surface area contributed by atoms with Crippen molar-refractivity contribution in [2.24, 2.45) is 0 Å². The van der Waals surface area contributed by atoms with Crippen molar-refractivity contribution < 1.29 is 4.39 Å². The fourth-order valence-corrected chi connectivity index (χ4v) is 3.49. The van der Waals surface area contributed by atoms with Crippen LogP contribution in [0.5, 0.6) is 0 Å². The summed E-state index contributed by atoms with van der Waals surface area (Å²) in [6, 6.07) is 6.93. The maximum absolute atomic E-state index is 14.1. The zero-order chi connectivity index (χ0) is 20.4. The molecule has 4 rings (SSSR count). The predicted molar refractivity (Wildman–Crippen MR) is 112 cm³/mol. The number of aromatic amines is 1. The minimum Gasteiger partial charge on any atom is -0.370 e. The van der Waals surface area contributed by atoms with Gasteiger partial charge in [-0.15, -0.1) is 0 Å². The first kappa shape index (κ1) is 18.8. The largest absolute Gasteiger partial charge is 0.370 e. The highest BCUT2D eigenvalue weighted by Gasteiger charge is 2.14. The second kappa shape index (κ2) is 7.83. The first-order valence-electron chi connectivity index (χ1n) is 9.40. The molecular weight excluding hydrogens is 369 g/mol. The van der Waals surface area contributed by atoms with Crippen molar-refractivity contribution in [1.29, 1.82) is 0 Å². The molecule has 0 radical (unpaired) electrons. The summed E-state index contributed by atoms with van der Waals surface area (Å²) in [6.07, 6.45) is 3.88. The van der Waals surface area contributed by atoms with Crippen molar-refractivity contribution in [3.63, 3.8) is 0 Å².